The molecule has 94 valence electrons. The number of aryl methyl sites for hydroxylation is 1. The predicted octanol–water partition coefficient (Wildman–Crippen LogP) is 3.37. The average molecular weight is 254 g/mol. The van der Waals surface area contributed by atoms with E-state index in [1.54, 1.807) is 0 Å². The zero-order valence-corrected chi connectivity index (χ0v) is 11.6. The van der Waals surface area contributed by atoms with Crippen molar-refractivity contribution >= 4 is 17.4 Å². The summed E-state index contributed by atoms with van der Waals surface area (Å²) in [6, 6.07) is 0. The van der Waals surface area contributed by atoms with Crippen molar-refractivity contribution in [2.45, 2.75) is 40.0 Å². The summed E-state index contributed by atoms with van der Waals surface area (Å²) in [4.78, 5) is 11.1. The van der Waals surface area contributed by atoms with Crippen LogP contribution in [0, 0.1) is 19.8 Å². The van der Waals surface area contributed by atoms with E-state index in [2.05, 4.69) is 21.8 Å². The normalized spacial score (nSPS) is 15.8. The van der Waals surface area contributed by atoms with Crippen molar-refractivity contribution in [3.05, 3.63) is 16.5 Å². The highest BCUT2D eigenvalue weighted by Gasteiger charge is 2.22. The van der Waals surface area contributed by atoms with Crippen LogP contribution in [0.15, 0.2) is 0 Å². The minimum absolute atomic E-state index is 0.583. The molecule has 1 aromatic heterocycles. The Morgan fingerprint density at radius 3 is 2.53 bits per heavy atom. The van der Waals surface area contributed by atoms with Crippen LogP contribution in [0.3, 0.4) is 0 Å². The van der Waals surface area contributed by atoms with Gasteiger partial charge in [0.05, 0.1) is 0 Å². The van der Waals surface area contributed by atoms with Gasteiger partial charge in [0.25, 0.3) is 0 Å². The fourth-order valence-electron chi connectivity index (χ4n) is 2.24. The van der Waals surface area contributed by atoms with Gasteiger partial charge in [0.15, 0.2) is 0 Å². The smallest absolute Gasteiger partial charge is 0.137 e. The minimum atomic E-state index is 0.583. The number of nitrogens with zero attached hydrogens (tertiary/aromatic N) is 3. The second-order valence-electron chi connectivity index (χ2n) is 4.85. The second kappa shape index (κ2) is 5.21. The first-order valence-electron chi connectivity index (χ1n) is 6.37. The highest BCUT2D eigenvalue weighted by atomic mass is 35.5. The lowest BCUT2D eigenvalue weighted by Gasteiger charge is -2.33. The fourth-order valence-corrected chi connectivity index (χ4v) is 2.45. The standard InChI is InChI=1S/C13H20ClN3/c1-4-17(8-11-6-5-7-11)13-9(2)12(14)15-10(3)16-13/h11H,4-8H2,1-3H3. The molecular weight excluding hydrogens is 234 g/mol. The van der Waals surface area contributed by atoms with Crippen LogP contribution in [-0.4, -0.2) is 23.1 Å². The first-order chi connectivity index (χ1) is 8.11. The summed E-state index contributed by atoms with van der Waals surface area (Å²) in [5, 5.41) is 0.583. The third kappa shape index (κ3) is 2.71. The molecule has 1 aliphatic carbocycles. The fraction of sp³-hybridized carbons (Fsp3) is 0.692. The number of hydrogen-bond acceptors (Lipinski definition) is 3. The maximum absolute atomic E-state index is 6.13. The lowest BCUT2D eigenvalue weighted by atomic mass is 9.85. The quantitative estimate of drug-likeness (QED) is 0.771. The molecule has 0 aliphatic heterocycles. The van der Waals surface area contributed by atoms with Crippen molar-refractivity contribution in [3.8, 4) is 0 Å². The van der Waals surface area contributed by atoms with Gasteiger partial charge in [-0.15, -0.1) is 0 Å². The Hall–Kier alpha value is -0.830. The highest BCUT2D eigenvalue weighted by Crippen LogP contribution is 2.30. The van der Waals surface area contributed by atoms with Gasteiger partial charge in [-0.2, -0.15) is 0 Å². The average Bonchev–Trinajstić information content (AvgIpc) is 2.23. The highest BCUT2D eigenvalue weighted by molar-refractivity contribution is 6.30. The zero-order valence-electron chi connectivity index (χ0n) is 10.8. The van der Waals surface area contributed by atoms with Crippen LogP contribution in [0.5, 0.6) is 0 Å². The van der Waals surface area contributed by atoms with E-state index in [9.17, 15) is 0 Å². The van der Waals surface area contributed by atoms with Crippen LogP contribution in [0.2, 0.25) is 5.15 Å². The molecule has 0 aromatic carbocycles. The van der Waals surface area contributed by atoms with Crippen molar-refractivity contribution < 1.29 is 0 Å². The second-order valence-corrected chi connectivity index (χ2v) is 5.20. The summed E-state index contributed by atoms with van der Waals surface area (Å²) in [6.07, 6.45) is 4.09. The SMILES string of the molecule is CCN(CC1CCC1)c1nc(C)nc(Cl)c1C. The van der Waals surface area contributed by atoms with E-state index in [1.807, 2.05) is 13.8 Å². The third-order valence-corrected chi connectivity index (χ3v) is 3.93. The summed E-state index contributed by atoms with van der Waals surface area (Å²) < 4.78 is 0. The molecule has 2 rings (SSSR count). The molecule has 0 bridgehead atoms. The van der Waals surface area contributed by atoms with Gasteiger partial charge < -0.3 is 4.90 Å². The van der Waals surface area contributed by atoms with Crippen molar-refractivity contribution in [2.75, 3.05) is 18.0 Å². The van der Waals surface area contributed by atoms with Crippen molar-refractivity contribution in [3.63, 3.8) is 0 Å². The molecule has 1 aromatic rings. The van der Waals surface area contributed by atoms with Gasteiger partial charge in [-0.3, -0.25) is 0 Å². The molecule has 0 spiro atoms. The Balaban J connectivity index is 2.22. The Morgan fingerprint density at radius 2 is 2.00 bits per heavy atom. The molecule has 4 heteroatoms. The Kier molecular flexibility index (Phi) is 3.87. The van der Waals surface area contributed by atoms with Crippen molar-refractivity contribution in [1.29, 1.82) is 0 Å². The molecule has 0 radical (unpaired) electrons. The Bertz CT molecular complexity index is 402. The zero-order chi connectivity index (χ0) is 12.4. The van der Waals surface area contributed by atoms with E-state index >= 15 is 0 Å². The number of rotatable bonds is 4. The molecule has 0 unspecified atom stereocenters. The van der Waals surface area contributed by atoms with Crippen molar-refractivity contribution in [2.24, 2.45) is 5.92 Å². The van der Waals surface area contributed by atoms with Crippen LogP contribution in [0.1, 0.15) is 37.6 Å². The summed E-state index contributed by atoms with van der Waals surface area (Å²) >= 11 is 6.13. The molecule has 0 saturated heterocycles. The lowest BCUT2D eigenvalue weighted by molar-refractivity contribution is 0.318. The topological polar surface area (TPSA) is 29.0 Å². The van der Waals surface area contributed by atoms with E-state index < -0.39 is 0 Å². The van der Waals surface area contributed by atoms with Gasteiger partial charge in [-0.25, -0.2) is 9.97 Å². The van der Waals surface area contributed by atoms with Gasteiger partial charge in [-0.1, -0.05) is 18.0 Å². The molecule has 1 heterocycles. The lowest BCUT2D eigenvalue weighted by Crippen LogP contribution is -2.33. The molecule has 0 N–H and O–H groups in total. The largest absolute Gasteiger partial charge is 0.356 e. The Morgan fingerprint density at radius 1 is 1.29 bits per heavy atom. The maximum atomic E-state index is 6.13. The van der Waals surface area contributed by atoms with Crippen LogP contribution in [-0.2, 0) is 0 Å². The van der Waals surface area contributed by atoms with Crippen LogP contribution in [0.4, 0.5) is 5.82 Å². The molecular formula is C13H20ClN3. The van der Waals surface area contributed by atoms with Gasteiger partial charge in [0, 0.05) is 18.7 Å². The van der Waals surface area contributed by atoms with E-state index in [0.717, 1.165) is 36.2 Å². The van der Waals surface area contributed by atoms with E-state index in [0.29, 0.717) is 5.15 Å². The summed E-state index contributed by atoms with van der Waals surface area (Å²) in [5.74, 6) is 2.60. The van der Waals surface area contributed by atoms with E-state index in [-0.39, 0.29) is 0 Å². The molecule has 0 amide bonds. The van der Waals surface area contributed by atoms with Crippen LogP contribution < -0.4 is 4.90 Å². The molecule has 1 saturated carbocycles. The van der Waals surface area contributed by atoms with Crippen LogP contribution in [0.25, 0.3) is 0 Å². The molecule has 3 nitrogen and oxygen atoms in total. The van der Waals surface area contributed by atoms with Gasteiger partial charge >= 0.3 is 0 Å². The third-order valence-electron chi connectivity index (χ3n) is 3.56. The number of anilines is 1. The first-order valence-corrected chi connectivity index (χ1v) is 6.75. The maximum Gasteiger partial charge on any atom is 0.137 e. The Labute approximate surface area is 108 Å². The number of halogens is 1. The predicted molar refractivity (Wildman–Crippen MR) is 71.7 cm³/mol. The summed E-state index contributed by atoms with van der Waals surface area (Å²) in [6.45, 7) is 8.14. The molecule has 17 heavy (non-hydrogen) atoms. The van der Waals surface area contributed by atoms with Crippen LogP contribution >= 0.6 is 11.6 Å². The minimum Gasteiger partial charge on any atom is -0.356 e. The van der Waals surface area contributed by atoms with E-state index in [1.165, 1.54) is 19.3 Å². The van der Waals surface area contributed by atoms with Gasteiger partial charge in [-0.05, 0) is 39.5 Å². The number of hydrogen-bond donors (Lipinski definition) is 0. The van der Waals surface area contributed by atoms with Crippen molar-refractivity contribution in [1.82, 2.24) is 9.97 Å². The molecule has 0 atom stereocenters. The molecule has 1 fully saturated rings. The number of aromatic nitrogens is 2. The monoisotopic (exact) mass is 253 g/mol. The van der Waals surface area contributed by atoms with Gasteiger partial charge in [0.1, 0.15) is 16.8 Å². The summed E-state index contributed by atoms with van der Waals surface area (Å²) in [5.41, 5.74) is 0.999. The molecule has 1 aliphatic rings. The van der Waals surface area contributed by atoms with E-state index in [4.69, 9.17) is 11.6 Å². The van der Waals surface area contributed by atoms with Gasteiger partial charge in [0.2, 0.25) is 0 Å². The first kappa shape index (κ1) is 12.6. The summed E-state index contributed by atoms with van der Waals surface area (Å²) in [7, 11) is 0.